The van der Waals surface area contributed by atoms with Crippen LogP contribution in [0, 0.1) is 0 Å². The summed E-state index contributed by atoms with van der Waals surface area (Å²) in [5.41, 5.74) is 5.36. The third kappa shape index (κ3) is 2.89. The van der Waals surface area contributed by atoms with Gasteiger partial charge in [-0.05, 0) is 6.07 Å². The van der Waals surface area contributed by atoms with E-state index in [2.05, 4.69) is 10.4 Å². The molecule has 6 heteroatoms. The molecule has 0 fully saturated rings. The zero-order valence-corrected chi connectivity index (χ0v) is 7.86. The molecule has 0 aliphatic heterocycles. The first-order valence-electron chi connectivity index (χ1n) is 4.13. The minimum Gasteiger partial charge on any atom is -0.382 e. The van der Waals surface area contributed by atoms with Crippen LogP contribution in [0.5, 0.6) is 0 Å². The van der Waals surface area contributed by atoms with Crippen molar-refractivity contribution in [1.29, 1.82) is 0 Å². The molecule has 0 saturated heterocycles. The van der Waals surface area contributed by atoms with Gasteiger partial charge in [0.15, 0.2) is 5.78 Å². The first-order chi connectivity index (χ1) is 6.61. The summed E-state index contributed by atoms with van der Waals surface area (Å²) in [4.78, 5) is 22.1. The third-order valence-electron chi connectivity index (χ3n) is 1.64. The number of carbonyl (C=O) groups excluding carboxylic acids is 2. The molecule has 0 aromatic carbocycles. The number of nitrogen functional groups attached to an aromatic ring is 1. The molecule has 1 rings (SSSR count). The summed E-state index contributed by atoms with van der Waals surface area (Å²) >= 11 is 0. The average molecular weight is 196 g/mol. The highest BCUT2D eigenvalue weighted by atomic mass is 16.2. The average Bonchev–Trinajstić information content (AvgIpc) is 2.50. The summed E-state index contributed by atoms with van der Waals surface area (Å²) < 4.78 is 1.40. The van der Waals surface area contributed by atoms with Crippen molar-refractivity contribution in [1.82, 2.24) is 15.1 Å². The van der Waals surface area contributed by atoms with Crippen molar-refractivity contribution < 1.29 is 9.59 Å². The van der Waals surface area contributed by atoms with Crippen LogP contribution in [0.2, 0.25) is 0 Å². The van der Waals surface area contributed by atoms with Crippen LogP contribution in [0.3, 0.4) is 0 Å². The van der Waals surface area contributed by atoms with E-state index in [0.717, 1.165) is 0 Å². The summed E-state index contributed by atoms with van der Waals surface area (Å²) in [6, 6.07) is 1.59. The van der Waals surface area contributed by atoms with Gasteiger partial charge in [-0.2, -0.15) is 5.10 Å². The molecule has 6 nitrogen and oxygen atoms in total. The lowest BCUT2D eigenvalue weighted by atomic mass is 10.3. The minimum atomic E-state index is -0.296. The zero-order valence-electron chi connectivity index (χ0n) is 7.86. The van der Waals surface area contributed by atoms with Crippen LogP contribution < -0.4 is 11.1 Å². The molecule has 1 aromatic heterocycles. The van der Waals surface area contributed by atoms with Crippen molar-refractivity contribution in [3.8, 4) is 0 Å². The zero-order chi connectivity index (χ0) is 10.6. The van der Waals surface area contributed by atoms with Crippen molar-refractivity contribution in [2.45, 2.75) is 13.0 Å². The SMILES string of the molecule is CNC(=O)CC(=O)Cn1ccc(N)n1. The van der Waals surface area contributed by atoms with Gasteiger partial charge in [0.05, 0.1) is 6.42 Å². The number of nitrogens with zero attached hydrogens (tertiary/aromatic N) is 2. The third-order valence-corrected chi connectivity index (χ3v) is 1.64. The number of rotatable bonds is 4. The van der Waals surface area contributed by atoms with E-state index in [1.165, 1.54) is 11.7 Å². The Bertz CT molecular complexity index is 345. The lowest BCUT2D eigenvalue weighted by Gasteiger charge is -2.00. The van der Waals surface area contributed by atoms with Crippen LogP contribution in [0.25, 0.3) is 0 Å². The molecule has 0 atom stereocenters. The van der Waals surface area contributed by atoms with Crippen molar-refractivity contribution in [3.05, 3.63) is 12.3 Å². The molecule has 1 aromatic rings. The van der Waals surface area contributed by atoms with Crippen molar-refractivity contribution in [2.24, 2.45) is 0 Å². The summed E-state index contributed by atoms with van der Waals surface area (Å²) in [5, 5.41) is 6.20. The fraction of sp³-hybridized carbons (Fsp3) is 0.375. The second-order valence-electron chi connectivity index (χ2n) is 2.83. The lowest BCUT2D eigenvalue weighted by Crippen LogP contribution is -2.23. The first-order valence-corrected chi connectivity index (χ1v) is 4.13. The number of nitrogens with one attached hydrogen (secondary N) is 1. The van der Waals surface area contributed by atoms with Gasteiger partial charge in [0, 0.05) is 13.2 Å². The van der Waals surface area contributed by atoms with Crippen LogP contribution in [-0.2, 0) is 16.1 Å². The van der Waals surface area contributed by atoms with Gasteiger partial charge in [-0.25, -0.2) is 0 Å². The highest BCUT2D eigenvalue weighted by Crippen LogP contribution is 1.96. The summed E-state index contributed by atoms with van der Waals surface area (Å²) in [6.45, 7) is 0.0740. The number of ketones is 1. The van der Waals surface area contributed by atoms with Crippen LogP contribution in [0.1, 0.15) is 6.42 Å². The predicted octanol–water partition coefficient (Wildman–Crippen LogP) is -0.829. The van der Waals surface area contributed by atoms with E-state index in [4.69, 9.17) is 5.73 Å². The molecule has 0 bridgehead atoms. The maximum atomic E-state index is 11.2. The van der Waals surface area contributed by atoms with Crippen LogP contribution in [0.15, 0.2) is 12.3 Å². The molecule has 76 valence electrons. The van der Waals surface area contributed by atoms with Gasteiger partial charge in [0.1, 0.15) is 12.4 Å². The van der Waals surface area contributed by atoms with Crippen LogP contribution in [0.4, 0.5) is 5.82 Å². The molecule has 0 aliphatic rings. The number of hydrogen-bond acceptors (Lipinski definition) is 4. The minimum absolute atomic E-state index is 0.0740. The van der Waals surface area contributed by atoms with Crippen molar-refractivity contribution >= 4 is 17.5 Å². The quantitative estimate of drug-likeness (QED) is 0.615. The number of amides is 1. The van der Waals surface area contributed by atoms with E-state index in [1.807, 2.05) is 0 Å². The van der Waals surface area contributed by atoms with Gasteiger partial charge in [-0.15, -0.1) is 0 Å². The molecule has 14 heavy (non-hydrogen) atoms. The molecular weight excluding hydrogens is 184 g/mol. The van der Waals surface area contributed by atoms with E-state index in [-0.39, 0.29) is 24.7 Å². The van der Waals surface area contributed by atoms with Crippen molar-refractivity contribution in [3.63, 3.8) is 0 Å². The summed E-state index contributed by atoms with van der Waals surface area (Å²) in [6.07, 6.45) is 1.47. The van der Waals surface area contributed by atoms with E-state index in [0.29, 0.717) is 5.82 Å². The van der Waals surface area contributed by atoms with E-state index in [9.17, 15) is 9.59 Å². The molecule has 0 saturated carbocycles. The molecule has 0 spiro atoms. The standard InChI is InChI=1S/C8H12N4O2/c1-10-8(14)4-6(13)5-12-3-2-7(9)11-12/h2-3H,4-5H2,1H3,(H2,9,11)(H,10,14). The van der Waals surface area contributed by atoms with Gasteiger partial charge in [-0.3, -0.25) is 14.3 Å². The van der Waals surface area contributed by atoms with E-state index >= 15 is 0 Å². The van der Waals surface area contributed by atoms with Gasteiger partial charge >= 0.3 is 0 Å². The highest BCUT2D eigenvalue weighted by molar-refractivity contribution is 5.97. The Morgan fingerprint density at radius 3 is 2.86 bits per heavy atom. The molecule has 1 amide bonds. The van der Waals surface area contributed by atoms with Gasteiger partial charge in [-0.1, -0.05) is 0 Å². The molecular formula is C8H12N4O2. The lowest BCUT2D eigenvalue weighted by molar-refractivity contribution is -0.128. The monoisotopic (exact) mass is 196 g/mol. The molecule has 0 radical (unpaired) electrons. The predicted molar refractivity (Wildman–Crippen MR) is 50.3 cm³/mol. The Hall–Kier alpha value is -1.85. The van der Waals surface area contributed by atoms with Crippen LogP contribution in [-0.4, -0.2) is 28.5 Å². The smallest absolute Gasteiger partial charge is 0.227 e. The van der Waals surface area contributed by atoms with Gasteiger partial charge in [0.25, 0.3) is 0 Å². The maximum Gasteiger partial charge on any atom is 0.227 e. The topological polar surface area (TPSA) is 90.0 Å². The van der Waals surface area contributed by atoms with Crippen LogP contribution >= 0.6 is 0 Å². The van der Waals surface area contributed by atoms with Crippen molar-refractivity contribution in [2.75, 3.05) is 12.8 Å². The normalized spacial score (nSPS) is 9.79. The number of aromatic nitrogens is 2. The Balaban J connectivity index is 2.45. The molecule has 0 unspecified atom stereocenters. The Kier molecular flexibility index (Phi) is 3.22. The van der Waals surface area contributed by atoms with E-state index in [1.54, 1.807) is 12.3 Å². The number of hydrogen-bond donors (Lipinski definition) is 2. The fourth-order valence-corrected chi connectivity index (χ4v) is 0.970. The molecule has 1 heterocycles. The van der Waals surface area contributed by atoms with Gasteiger partial charge < -0.3 is 11.1 Å². The summed E-state index contributed by atoms with van der Waals surface area (Å²) in [7, 11) is 1.49. The summed E-state index contributed by atoms with van der Waals surface area (Å²) in [5.74, 6) is -0.139. The Labute approximate surface area is 81.1 Å². The largest absolute Gasteiger partial charge is 0.382 e. The van der Waals surface area contributed by atoms with Gasteiger partial charge in [0.2, 0.25) is 5.91 Å². The number of nitrogens with two attached hydrogens (primary N) is 1. The first kappa shape index (κ1) is 10.2. The Morgan fingerprint density at radius 1 is 1.64 bits per heavy atom. The maximum absolute atomic E-state index is 11.2. The Morgan fingerprint density at radius 2 is 2.36 bits per heavy atom. The number of anilines is 1. The number of carbonyl (C=O) groups is 2. The number of Topliss-reactive ketones (excluding diaryl/α,β-unsaturated/α-hetero) is 1. The fourth-order valence-electron chi connectivity index (χ4n) is 0.970. The molecule has 0 aliphatic carbocycles. The van der Waals surface area contributed by atoms with E-state index < -0.39 is 0 Å². The highest BCUT2D eigenvalue weighted by Gasteiger charge is 2.08. The second kappa shape index (κ2) is 4.40. The molecule has 3 N–H and O–H groups in total. The second-order valence-corrected chi connectivity index (χ2v) is 2.83.